The lowest BCUT2D eigenvalue weighted by atomic mass is 10.0. The molecule has 0 fully saturated rings. The number of oxime groups is 1. The van der Waals surface area contributed by atoms with Gasteiger partial charge in [0.15, 0.2) is 0 Å². The summed E-state index contributed by atoms with van der Waals surface area (Å²) in [6.45, 7) is 7.53. The van der Waals surface area contributed by atoms with Gasteiger partial charge >= 0.3 is 0 Å². The van der Waals surface area contributed by atoms with Crippen molar-refractivity contribution in [2.24, 2.45) is 5.16 Å². The number of likely N-dealkylation sites (N-methyl/N-ethyl adjacent to an activating group) is 1. The number of halogens is 1. The van der Waals surface area contributed by atoms with Gasteiger partial charge in [-0.05, 0) is 49.5 Å². The fraction of sp³-hybridized carbons (Fsp3) is 0.333. The van der Waals surface area contributed by atoms with Crippen LogP contribution >= 0.6 is 0 Å². The maximum absolute atomic E-state index is 13.1. The van der Waals surface area contributed by atoms with Crippen molar-refractivity contribution in [3.05, 3.63) is 65.7 Å². The van der Waals surface area contributed by atoms with Gasteiger partial charge in [-0.15, -0.1) is 0 Å². The predicted octanol–water partition coefficient (Wildman–Crippen LogP) is 3.33. The summed E-state index contributed by atoms with van der Waals surface area (Å²) in [4.78, 5) is 11.9. The molecule has 23 heavy (non-hydrogen) atoms. The van der Waals surface area contributed by atoms with Crippen LogP contribution in [0, 0.1) is 5.82 Å². The van der Waals surface area contributed by atoms with E-state index in [0.717, 1.165) is 30.8 Å². The van der Waals surface area contributed by atoms with Gasteiger partial charge in [-0.2, -0.15) is 0 Å². The highest BCUT2D eigenvalue weighted by Crippen LogP contribution is 2.11. The van der Waals surface area contributed by atoms with Gasteiger partial charge in [0.2, 0.25) is 0 Å². The molecule has 2 rings (SSSR count). The molecule has 0 radical (unpaired) electrons. The van der Waals surface area contributed by atoms with E-state index in [2.05, 4.69) is 28.9 Å². The smallest absolute Gasteiger partial charge is 0.129 e. The van der Waals surface area contributed by atoms with E-state index in [9.17, 15) is 4.39 Å². The van der Waals surface area contributed by atoms with Gasteiger partial charge in [0, 0.05) is 30.1 Å². The number of aromatic nitrogens is 1. The average molecular weight is 315 g/mol. The summed E-state index contributed by atoms with van der Waals surface area (Å²) >= 11 is 0. The summed E-state index contributed by atoms with van der Waals surface area (Å²) in [7, 11) is 0. The van der Waals surface area contributed by atoms with Crippen molar-refractivity contribution in [1.29, 1.82) is 0 Å². The molecule has 0 aliphatic carbocycles. The number of hydrogen-bond acceptors (Lipinski definition) is 4. The lowest BCUT2D eigenvalue weighted by molar-refractivity contribution is 0.114. The summed E-state index contributed by atoms with van der Waals surface area (Å²) in [5, 5.41) is 4.26. The Morgan fingerprint density at radius 3 is 2.48 bits per heavy atom. The first-order valence-electron chi connectivity index (χ1n) is 7.83. The molecule has 0 bridgehead atoms. The molecular weight excluding hydrogens is 293 g/mol. The summed E-state index contributed by atoms with van der Waals surface area (Å²) < 4.78 is 13.1. The molecule has 4 nitrogen and oxygen atoms in total. The molecule has 0 amide bonds. The molecule has 0 atom stereocenters. The standard InChI is InChI=1S/C18H22FN3O/c1-3-22(4-2)12-13-23-21-18(16-6-5-11-20-14-16)15-7-9-17(19)10-8-15/h5-11,14H,3-4,12-13H2,1-2H3/b21-18+. The van der Waals surface area contributed by atoms with Gasteiger partial charge in [-0.3, -0.25) is 4.98 Å². The minimum absolute atomic E-state index is 0.276. The molecule has 5 heteroatoms. The first-order chi connectivity index (χ1) is 11.2. The Morgan fingerprint density at radius 2 is 1.87 bits per heavy atom. The molecule has 1 heterocycles. The van der Waals surface area contributed by atoms with Crippen LogP contribution in [-0.2, 0) is 4.84 Å². The zero-order valence-electron chi connectivity index (χ0n) is 13.6. The van der Waals surface area contributed by atoms with Gasteiger partial charge in [0.1, 0.15) is 18.1 Å². The van der Waals surface area contributed by atoms with E-state index in [1.165, 1.54) is 12.1 Å². The molecule has 0 N–H and O–H groups in total. The van der Waals surface area contributed by atoms with Crippen molar-refractivity contribution in [1.82, 2.24) is 9.88 Å². The van der Waals surface area contributed by atoms with Crippen molar-refractivity contribution in [3.8, 4) is 0 Å². The predicted molar refractivity (Wildman–Crippen MR) is 90.0 cm³/mol. The Labute approximate surface area is 136 Å². The van der Waals surface area contributed by atoms with Crippen molar-refractivity contribution in [2.75, 3.05) is 26.2 Å². The monoisotopic (exact) mass is 315 g/mol. The average Bonchev–Trinajstić information content (AvgIpc) is 2.60. The minimum Gasteiger partial charge on any atom is -0.394 e. The molecule has 122 valence electrons. The Morgan fingerprint density at radius 1 is 1.13 bits per heavy atom. The fourth-order valence-corrected chi connectivity index (χ4v) is 2.20. The van der Waals surface area contributed by atoms with E-state index in [-0.39, 0.29) is 5.82 Å². The largest absolute Gasteiger partial charge is 0.394 e. The van der Waals surface area contributed by atoms with Gasteiger partial charge in [0.05, 0.1) is 0 Å². The zero-order valence-corrected chi connectivity index (χ0v) is 13.6. The Bertz CT molecular complexity index is 610. The number of nitrogens with zero attached hydrogens (tertiary/aromatic N) is 3. The van der Waals surface area contributed by atoms with Crippen LogP contribution in [0.5, 0.6) is 0 Å². The van der Waals surface area contributed by atoms with Crippen LogP contribution in [0.25, 0.3) is 0 Å². The van der Waals surface area contributed by atoms with Crippen LogP contribution in [0.1, 0.15) is 25.0 Å². The van der Waals surface area contributed by atoms with Crippen LogP contribution in [0.3, 0.4) is 0 Å². The van der Waals surface area contributed by atoms with Crippen LogP contribution in [0.4, 0.5) is 4.39 Å². The summed E-state index contributed by atoms with van der Waals surface area (Å²) in [5.74, 6) is -0.276. The van der Waals surface area contributed by atoms with Crippen molar-refractivity contribution in [2.45, 2.75) is 13.8 Å². The van der Waals surface area contributed by atoms with E-state index >= 15 is 0 Å². The van der Waals surface area contributed by atoms with E-state index in [4.69, 9.17) is 4.84 Å². The second kappa shape index (κ2) is 9.00. The molecule has 1 aromatic carbocycles. The number of hydrogen-bond donors (Lipinski definition) is 0. The fourth-order valence-electron chi connectivity index (χ4n) is 2.20. The lowest BCUT2D eigenvalue weighted by Crippen LogP contribution is -2.26. The first kappa shape index (κ1) is 17.1. The highest BCUT2D eigenvalue weighted by Gasteiger charge is 2.09. The maximum Gasteiger partial charge on any atom is 0.129 e. The Balaban J connectivity index is 2.14. The van der Waals surface area contributed by atoms with Crippen molar-refractivity contribution < 1.29 is 9.23 Å². The molecule has 0 saturated carbocycles. The summed E-state index contributed by atoms with van der Waals surface area (Å²) in [6, 6.07) is 9.95. The Kier molecular flexibility index (Phi) is 6.69. The summed E-state index contributed by atoms with van der Waals surface area (Å²) in [6.07, 6.45) is 3.42. The van der Waals surface area contributed by atoms with Gasteiger partial charge < -0.3 is 9.74 Å². The molecular formula is C18H22FN3O. The second-order valence-corrected chi connectivity index (χ2v) is 5.05. The lowest BCUT2D eigenvalue weighted by Gasteiger charge is -2.16. The minimum atomic E-state index is -0.276. The topological polar surface area (TPSA) is 37.7 Å². The highest BCUT2D eigenvalue weighted by atomic mass is 19.1. The van der Waals surface area contributed by atoms with Gasteiger partial charge in [-0.25, -0.2) is 4.39 Å². The normalized spacial score (nSPS) is 11.7. The molecule has 0 saturated heterocycles. The quantitative estimate of drug-likeness (QED) is 0.426. The van der Waals surface area contributed by atoms with E-state index in [0.29, 0.717) is 12.3 Å². The van der Waals surface area contributed by atoms with Crippen molar-refractivity contribution >= 4 is 5.71 Å². The molecule has 2 aromatic rings. The van der Waals surface area contributed by atoms with E-state index in [1.807, 2.05) is 12.1 Å². The van der Waals surface area contributed by atoms with E-state index in [1.54, 1.807) is 24.5 Å². The Hall–Kier alpha value is -2.27. The molecule has 0 unspecified atom stereocenters. The molecule has 1 aromatic heterocycles. The second-order valence-electron chi connectivity index (χ2n) is 5.05. The molecule has 0 spiro atoms. The van der Waals surface area contributed by atoms with Crippen LogP contribution in [-0.4, -0.2) is 41.8 Å². The van der Waals surface area contributed by atoms with Crippen LogP contribution in [0.2, 0.25) is 0 Å². The van der Waals surface area contributed by atoms with Crippen molar-refractivity contribution in [3.63, 3.8) is 0 Å². The molecule has 0 aliphatic rings. The first-order valence-corrected chi connectivity index (χ1v) is 7.83. The zero-order chi connectivity index (χ0) is 16.5. The number of benzene rings is 1. The van der Waals surface area contributed by atoms with Gasteiger partial charge in [-0.1, -0.05) is 19.0 Å². The van der Waals surface area contributed by atoms with E-state index < -0.39 is 0 Å². The number of rotatable bonds is 8. The molecule has 0 aliphatic heterocycles. The van der Waals surface area contributed by atoms with Crippen LogP contribution in [0.15, 0.2) is 53.9 Å². The van der Waals surface area contributed by atoms with Crippen LogP contribution < -0.4 is 0 Å². The third-order valence-corrected chi connectivity index (χ3v) is 3.60. The van der Waals surface area contributed by atoms with Gasteiger partial charge in [0.25, 0.3) is 0 Å². The number of pyridine rings is 1. The summed E-state index contributed by atoms with van der Waals surface area (Å²) in [5.41, 5.74) is 2.28. The maximum atomic E-state index is 13.1. The highest BCUT2D eigenvalue weighted by molar-refractivity contribution is 6.12. The SMILES string of the molecule is CCN(CC)CCO/N=C(\c1ccc(F)cc1)c1cccnc1. The third-order valence-electron chi connectivity index (χ3n) is 3.60. The third kappa shape index (κ3) is 5.14.